The fraction of sp³-hybridized carbons (Fsp3) is 0.450. The molecule has 0 spiro atoms. The Morgan fingerprint density at radius 1 is 1.19 bits per heavy atom. The molecule has 5 nitrogen and oxygen atoms in total. The van der Waals surface area contributed by atoms with E-state index in [1.54, 1.807) is 17.4 Å². The zero-order chi connectivity index (χ0) is 19.1. The Morgan fingerprint density at radius 3 is 2.59 bits per heavy atom. The largest absolute Gasteiger partial charge is 0.325 e. The van der Waals surface area contributed by atoms with Gasteiger partial charge in [0.25, 0.3) is 0 Å². The molecule has 0 unspecified atom stereocenters. The summed E-state index contributed by atoms with van der Waals surface area (Å²) in [5.74, 6) is 0.205. The van der Waals surface area contributed by atoms with Gasteiger partial charge in [-0.15, -0.1) is 11.3 Å². The average molecular weight is 405 g/mol. The molecule has 1 saturated heterocycles. The van der Waals surface area contributed by atoms with Crippen molar-refractivity contribution in [3.8, 4) is 0 Å². The third-order valence-corrected chi connectivity index (χ3v) is 8.68. The van der Waals surface area contributed by atoms with Crippen LogP contribution in [0.1, 0.15) is 42.5 Å². The maximum absolute atomic E-state index is 13.3. The summed E-state index contributed by atoms with van der Waals surface area (Å²) in [6.07, 6.45) is 4.46. The summed E-state index contributed by atoms with van der Waals surface area (Å²) in [5, 5.41) is 5.14. The van der Waals surface area contributed by atoms with Gasteiger partial charge in [-0.05, 0) is 55.3 Å². The SMILES string of the molecule is Cc1ccc(N2CCCS2(=O)=O)cc1NC(=O)C1(c2cccs2)CCCC1. The van der Waals surface area contributed by atoms with E-state index < -0.39 is 15.4 Å². The van der Waals surface area contributed by atoms with Gasteiger partial charge in [0.05, 0.1) is 16.9 Å². The normalized spacial score (nSPS) is 20.7. The van der Waals surface area contributed by atoms with Gasteiger partial charge >= 0.3 is 0 Å². The van der Waals surface area contributed by atoms with Crippen molar-refractivity contribution in [2.24, 2.45) is 0 Å². The summed E-state index contributed by atoms with van der Waals surface area (Å²) in [6.45, 7) is 2.43. The first-order chi connectivity index (χ1) is 12.9. The number of thiophene rings is 1. The summed E-state index contributed by atoms with van der Waals surface area (Å²) < 4.78 is 25.9. The van der Waals surface area contributed by atoms with Crippen molar-refractivity contribution >= 4 is 38.6 Å². The number of amides is 1. The van der Waals surface area contributed by atoms with Gasteiger partial charge in [0.2, 0.25) is 15.9 Å². The van der Waals surface area contributed by atoms with Crippen molar-refractivity contribution in [3.05, 3.63) is 46.2 Å². The number of benzene rings is 1. The molecule has 7 heteroatoms. The van der Waals surface area contributed by atoms with Crippen molar-refractivity contribution in [1.29, 1.82) is 0 Å². The molecule has 2 aromatic rings. The summed E-state index contributed by atoms with van der Waals surface area (Å²) in [7, 11) is -3.24. The van der Waals surface area contributed by atoms with Crippen LogP contribution in [0.25, 0.3) is 0 Å². The van der Waals surface area contributed by atoms with Gasteiger partial charge < -0.3 is 5.32 Å². The van der Waals surface area contributed by atoms with E-state index in [-0.39, 0.29) is 11.7 Å². The number of anilines is 2. The molecule has 144 valence electrons. The van der Waals surface area contributed by atoms with Crippen LogP contribution in [0.3, 0.4) is 0 Å². The molecule has 1 saturated carbocycles. The Labute approximate surface area is 164 Å². The molecule has 0 bridgehead atoms. The first-order valence-corrected chi connectivity index (χ1v) is 11.9. The first-order valence-electron chi connectivity index (χ1n) is 9.39. The number of sulfonamides is 1. The topological polar surface area (TPSA) is 66.5 Å². The summed E-state index contributed by atoms with van der Waals surface area (Å²) in [4.78, 5) is 14.4. The van der Waals surface area contributed by atoms with E-state index in [0.717, 1.165) is 36.1 Å². The Hall–Kier alpha value is -1.86. The van der Waals surface area contributed by atoms with Crippen LogP contribution in [0.2, 0.25) is 0 Å². The van der Waals surface area contributed by atoms with Gasteiger partial charge in [0, 0.05) is 17.1 Å². The molecule has 2 heterocycles. The lowest BCUT2D eigenvalue weighted by atomic mass is 9.83. The Balaban J connectivity index is 1.64. The van der Waals surface area contributed by atoms with E-state index in [9.17, 15) is 13.2 Å². The number of aryl methyl sites for hydroxylation is 1. The van der Waals surface area contributed by atoms with Gasteiger partial charge in [-0.1, -0.05) is 25.0 Å². The molecular weight excluding hydrogens is 380 g/mol. The van der Waals surface area contributed by atoms with Gasteiger partial charge in [-0.25, -0.2) is 8.42 Å². The molecular formula is C20H24N2O3S2. The highest BCUT2D eigenvalue weighted by Crippen LogP contribution is 2.44. The molecule has 1 aliphatic heterocycles. The third kappa shape index (κ3) is 3.27. The van der Waals surface area contributed by atoms with Crippen molar-refractivity contribution < 1.29 is 13.2 Å². The molecule has 1 aromatic carbocycles. The van der Waals surface area contributed by atoms with Gasteiger partial charge in [-0.2, -0.15) is 0 Å². The standard InChI is InChI=1S/C20H24N2O3S2/c1-15-7-8-16(22-11-5-13-27(22,24)25)14-17(15)21-19(23)20(9-2-3-10-20)18-6-4-12-26-18/h4,6-8,12,14H,2-3,5,9-11,13H2,1H3,(H,21,23). The minimum atomic E-state index is -3.24. The number of carbonyl (C=O) groups is 1. The molecule has 1 aromatic heterocycles. The first kappa shape index (κ1) is 18.5. The second-order valence-corrected chi connectivity index (χ2v) is 10.4. The van der Waals surface area contributed by atoms with Crippen LogP contribution in [0, 0.1) is 6.92 Å². The Bertz CT molecular complexity index is 946. The quantitative estimate of drug-likeness (QED) is 0.836. The molecule has 4 rings (SSSR count). The summed E-state index contributed by atoms with van der Waals surface area (Å²) >= 11 is 1.64. The average Bonchev–Trinajstić information content (AvgIpc) is 3.36. The highest BCUT2D eigenvalue weighted by Gasteiger charge is 2.43. The number of rotatable bonds is 4. The second kappa shape index (κ2) is 6.95. The van der Waals surface area contributed by atoms with Gasteiger partial charge in [0.1, 0.15) is 0 Å². The zero-order valence-electron chi connectivity index (χ0n) is 15.4. The maximum Gasteiger partial charge on any atom is 0.235 e. The monoisotopic (exact) mass is 404 g/mol. The molecule has 0 radical (unpaired) electrons. The van der Waals surface area contributed by atoms with E-state index in [1.807, 2.05) is 30.5 Å². The van der Waals surface area contributed by atoms with Crippen LogP contribution in [0.5, 0.6) is 0 Å². The van der Waals surface area contributed by atoms with Crippen LogP contribution in [0.15, 0.2) is 35.7 Å². The number of nitrogens with one attached hydrogen (secondary N) is 1. The van der Waals surface area contributed by atoms with Crippen molar-refractivity contribution in [3.63, 3.8) is 0 Å². The van der Waals surface area contributed by atoms with Crippen LogP contribution in [-0.2, 0) is 20.2 Å². The highest BCUT2D eigenvalue weighted by molar-refractivity contribution is 7.93. The number of hydrogen-bond donors (Lipinski definition) is 1. The molecule has 1 aliphatic carbocycles. The summed E-state index contributed by atoms with van der Waals surface area (Å²) in [6, 6.07) is 9.55. The summed E-state index contributed by atoms with van der Waals surface area (Å²) in [5.41, 5.74) is 1.80. The van der Waals surface area contributed by atoms with Crippen molar-refractivity contribution in [1.82, 2.24) is 0 Å². The lowest BCUT2D eigenvalue weighted by Gasteiger charge is -2.27. The van der Waals surface area contributed by atoms with E-state index in [2.05, 4.69) is 11.4 Å². The molecule has 2 fully saturated rings. The van der Waals surface area contributed by atoms with E-state index >= 15 is 0 Å². The smallest absolute Gasteiger partial charge is 0.235 e. The van der Waals surface area contributed by atoms with Crippen LogP contribution >= 0.6 is 11.3 Å². The maximum atomic E-state index is 13.3. The van der Waals surface area contributed by atoms with Crippen LogP contribution < -0.4 is 9.62 Å². The fourth-order valence-corrected chi connectivity index (χ4v) is 6.73. The third-order valence-electron chi connectivity index (χ3n) is 5.74. The van der Waals surface area contributed by atoms with Crippen molar-refractivity contribution in [2.45, 2.75) is 44.4 Å². The zero-order valence-corrected chi connectivity index (χ0v) is 17.0. The Kier molecular flexibility index (Phi) is 4.76. The van der Waals surface area contributed by atoms with E-state index in [4.69, 9.17) is 0 Å². The number of carbonyl (C=O) groups excluding carboxylic acids is 1. The van der Waals surface area contributed by atoms with Crippen LogP contribution in [0.4, 0.5) is 11.4 Å². The molecule has 1 amide bonds. The molecule has 2 aliphatic rings. The lowest BCUT2D eigenvalue weighted by Crippen LogP contribution is -2.37. The molecule has 27 heavy (non-hydrogen) atoms. The number of hydrogen-bond acceptors (Lipinski definition) is 4. The molecule has 1 N–H and O–H groups in total. The van der Waals surface area contributed by atoms with E-state index in [1.165, 1.54) is 4.31 Å². The predicted octanol–water partition coefficient (Wildman–Crippen LogP) is 4.05. The van der Waals surface area contributed by atoms with Gasteiger partial charge in [0.15, 0.2) is 0 Å². The lowest BCUT2D eigenvalue weighted by molar-refractivity contribution is -0.121. The van der Waals surface area contributed by atoms with Gasteiger partial charge in [-0.3, -0.25) is 9.10 Å². The minimum Gasteiger partial charge on any atom is -0.325 e. The highest BCUT2D eigenvalue weighted by atomic mass is 32.2. The second-order valence-electron chi connectivity index (χ2n) is 7.46. The molecule has 0 atom stereocenters. The van der Waals surface area contributed by atoms with Crippen molar-refractivity contribution in [2.75, 3.05) is 21.9 Å². The Morgan fingerprint density at radius 2 is 1.96 bits per heavy atom. The minimum absolute atomic E-state index is 0.0204. The fourth-order valence-electron chi connectivity index (χ4n) is 4.19. The number of nitrogens with zero attached hydrogens (tertiary/aromatic N) is 1. The van der Waals surface area contributed by atoms with E-state index in [0.29, 0.717) is 24.3 Å². The van der Waals surface area contributed by atoms with Crippen LogP contribution in [-0.4, -0.2) is 26.6 Å². The predicted molar refractivity (Wildman–Crippen MR) is 110 cm³/mol.